The molecule has 0 radical (unpaired) electrons. The van der Waals surface area contributed by atoms with Crippen molar-refractivity contribution in [3.8, 4) is 11.5 Å². The van der Waals surface area contributed by atoms with Gasteiger partial charge in [-0.25, -0.2) is 4.98 Å². The predicted molar refractivity (Wildman–Crippen MR) is 91.1 cm³/mol. The predicted octanol–water partition coefficient (Wildman–Crippen LogP) is 2.19. The Morgan fingerprint density at radius 2 is 1.91 bits per heavy atom. The minimum absolute atomic E-state index is 0.0265. The van der Waals surface area contributed by atoms with Crippen LogP contribution in [0.5, 0.6) is 11.5 Å². The van der Waals surface area contributed by atoms with Crippen LogP contribution in [0.4, 0.5) is 11.8 Å². The highest BCUT2D eigenvalue weighted by molar-refractivity contribution is 5.92. The van der Waals surface area contributed by atoms with Crippen LogP contribution in [0.3, 0.4) is 0 Å². The Balaban J connectivity index is 2.45. The fraction of sp³-hybridized carbons (Fsp3) is 0.500. The first kappa shape index (κ1) is 17.1. The van der Waals surface area contributed by atoms with Crippen LogP contribution in [0.15, 0.2) is 12.1 Å². The van der Waals surface area contributed by atoms with Gasteiger partial charge < -0.3 is 25.6 Å². The van der Waals surface area contributed by atoms with Crippen molar-refractivity contribution in [2.24, 2.45) is 0 Å². The lowest BCUT2D eigenvalue weighted by Crippen LogP contribution is -2.24. The second-order valence-electron chi connectivity index (χ2n) is 5.32. The van der Waals surface area contributed by atoms with Crippen LogP contribution in [-0.2, 0) is 0 Å². The molecule has 0 unspecified atom stereocenters. The largest absolute Gasteiger partial charge is 0.493 e. The standard InChI is InChI=1S/C16H24N4O3/c1-4-5-6-10(9-21)18-15-11-7-13(22-2)14(23-3)8-12(11)19-16(17)20-15/h7-8,10,21H,4-6,9H2,1-3H3,(H3,17,18,19,20)/t10-/m0/s1. The quantitative estimate of drug-likeness (QED) is 0.685. The van der Waals surface area contributed by atoms with E-state index in [9.17, 15) is 5.11 Å². The van der Waals surface area contributed by atoms with Crippen molar-refractivity contribution in [2.45, 2.75) is 32.2 Å². The number of nitrogen functional groups attached to an aromatic ring is 1. The molecule has 23 heavy (non-hydrogen) atoms. The number of nitrogens with two attached hydrogens (primary N) is 1. The van der Waals surface area contributed by atoms with Crippen LogP contribution in [0.25, 0.3) is 10.9 Å². The molecule has 2 aromatic rings. The number of aliphatic hydroxyl groups is 1. The summed E-state index contributed by atoms with van der Waals surface area (Å²) in [6.45, 7) is 2.14. The Bertz CT molecular complexity index is 663. The highest BCUT2D eigenvalue weighted by Crippen LogP contribution is 2.34. The van der Waals surface area contributed by atoms with Gasteiger partial charge in [-0.1, -0.05) is 19.8 Å². The smallest absolute Gasteiger partial charge is 0.222 e. The van der Waals surface area contributed by atoms with Crippen molar-refractivity contribution < 1.29 is 14.6 Å². The van der Waals surface area contributed by atoms with Crippen molar-refractivity contribution >= 4 is 22.7 Å². The summed E-state index contributed by atoms with van der Waals surface area (Å²) in [4.78, 5) is 8.52. The maximum absolute atomic E-state index is 9.56. The topological polar surface area (TPSA) is 103 Å². The maximum Gasteiger partial charge on any atom is 0.222 e. The number of fused-ring (bicyclic) bond motifs is 1. The third-order valence-electron chi connectivity index (χ3n) is 3.69. The first-order valence-corrected chi connectivity index (χ1v) is 7.69. The van der Waals surface area contributed by atoms with Crippen LogP contribution < -0.4 is 20.5 Å². The van der Waals surface area contributed by atoms with E-state index in [-0.39, 0.29) is 18.6 Å². The summed E-state index contributed by atoms with van der Waals surface area (Å²) in [6, 6.07) is 3.49. The molecular formula is C16H24N4O3. The Morgan fingerprint density at radius 3 is 2.52 bits per heavy atom. The van der Waals surface area contributed by atoms with Gasteiger partial charge >= 0.3 is 0 Å². The Hall–Kier alpha value is -2.28. The molecule has 1 heterocycles. The number of unbranched alkanes of at least 4 members (excludes halogenated alkanes) is 1. The second kappa shape index (κ2) is 7.82. The Kier molecular flexibility index (Phi) is 5.81. The molecule has 0 amide bonds. The summed E-state index contributed by atoms with van der Waals surface area (Å²) in [5, 5.41) is 13.6. The van der Waals surface area contributed by atoms with E-state index in [4.69, 9.17) is 15.2 Å². The molecule has 0 bridgehead atoms. The zero-order chi connectivity index (χ0) is 16.8. The van der Waals surface area contributed by atoms with Gasteiger partial charge in [-0.3, -0.25) is 0 Å². The van der Waals surface area contributed by atoms with E-state index >= 15 is 0 Å². The van der Waals surface area contributed by atoms with E-state index in [2.05, 4.69) is 22.2 Å². The minimum atomic E-state index is -0.0828. The molecule has 2 rings (SSSR count). The van der Waals surface area contributed by atoms with Crippen LogP contribution in [0.1, 0.15) is 26.2 Å². The van der Waals surface area contributed by atoms with Gasteiger partial charge in [-0.15, -0.1) is 0 Å². The van der Waals surface area contributed by atoms with Gasteiger partial charge in [-0.2, -0.15) is 4.98 Å². The Labute approximate surface area is 135 Å². The number of nitrogens with zero attached hydrogens (tertiary/aromatic N) is 2. The highest BCUT2D eigenvalue weighted by atomic mass is 16.5. The Morgan fingerprint density at radius 1 is 1.22 bits per heavy atom. The zero-order valence-electron chi connectivity index (χ0n) is 13.8. The molecular weight excluding hydrogens is 296 g/mol. The van der Waals surface area contributed by atoms with Gasteiger partial charge in [0.2, 0.25) is 5.95 Å². The van der Waals surface area contributed by atoms with E-state index in [1.807, 2.05) is 6.07 Å². The number of benzene rings is 1. The number of aromatic nitrogens is 2. The number of rotatable bonds is 8. The minimum Gasteiger partial charge on any atom is -0.493 e. The summed E-state index contributed by atoms with van der Waals surface area (Å²) in [5.74, 6) is 1.92. The first-order valence-electron chi connectivity index (χ1n) is 7.69. The van der Waals surface area contributed by atoms with E-state index in [0.29, 0.717) is 22.8 Å². The number of hydrogen-bond donors (Lipinski definition) is 3. The fourth-order valence-electron chi connectivity index (χ4n) is 2.44. The normalized spacial score (nSPS) is 12.2. The average Bonchev–Trinajstić information content (AvgIpc) is 2.56. The molecule has 0 aliphatic carbocycles. The van der Waals surface area contributed by atoms with Crippen LogP contribution in [0, 0.1) is 0 Å². The highest BCUT2D eigenvalue weighted by Gasteiger charge is 2.15. The third-order valence-corrected chi connectivity index (χ3v) is 3.69. The maximum atomic E-state index is 9.56. The molecule has 7 nitrogen and oxygen atoms in total. The van der Waals surface area contributed by atoms with E-state index < -0.39 is 0 Å². The molecule has 1 atom stereocenters. The van der Waals surface area contributed by atoms with Gasteiger partial charge in [0.1, 0.15) is 5.82 Å². The number of ether oxygens (including phenoxy) is 2. The number of nitrogens with one attached hydrogen (secondary N) is 1. The fourth-order valence-corrected chi connectivity index (χ4v) is 2.44. The van der Waals surface area contributed by atoms with Crippen LogP contribution >= 0.6 is 0 Å². The summed E-state index contributed by atoms with van der Waals surface area (Å²) >= 11 is 0. The molecule has 0 spiro atoms. The summed E-state index contributed by atoms with van der Waals surface area (Å²) in [7, 11) is 3.15. The number of anilines is 2. The van der Waals surface area contributed by atoms with Gasteiger partial charge in [0, 0.05) is 11.5 Å². The SMILES string of the molecule is CCCC[C@@H](CO)Nc1nc(N)nc2cc(OC)c(OC)cc12. The lowest BCUT2D eigenvalue weighted by Gasteiger charge is -2.18. The van der Waals surface area contributed by atoms with Crippen LogP contribution in [0.2, 0.25) is 0 Å². The number of methoxy groups -OCH3 is 2. The lowest BCUT2D eigenvalue weighted by atomic mass is 10.1. The zero-order valence-corrected chi connectivity index (χ0v) is 13.8. The van der Waals surface area contributed by atoms with Crippen LogP contribution in [-0.4, -0.2) is 41.9 Å². The number of hydrogen-bond acceptors (Lipinski definition) is 7. The summed E-state index contributed by atoms with van der Waals surface area (Å²) < 4.78 is 10.6. The first-order chi connectivity index (χ1) is 11.1. The average molecular weight is 320 g/mol. The van der Waals surface area contributed by atoms with Gasteiger partial charge in [0.05, 0.1) is 32.4 Å². The van der Waals surface area contributed by atoms with E-state index in [1.54, 1.807) is 20.3 Å². The van der Waals surface area contributed by atoms with Crippen molar-refractivity contribution in [1.82, 2.24) is 9.97 Å². The lowest BCUT2D eigenvalue weighted by molar-refractivity contribution is 0.267. The molecule has 0 aliphatic rings. The van der Waals surface area contributed by atoms with Crippen molar-refractivity contribution in [2.75, 3.05) is 31.9 Å². The molecule has 7 heteroatoms. The molecule has 0 saturated heterocycles. The summed E-state index contributed by atoms with van der Waals surface area (Å²) in [6.07, 6.45) is 2.94. The molecule has 1 aromatic carbocycles. The van der Waals surface area contributed by atoms with Gasteiger partial charge in [-0.05, 0) is 12.5 Å². The third kappa shape index (κ3) is 3.92. The molecule has 0 aliphatic heterocycles. The van der Waals surface area contributed by atoms with Gasteiger partial charge in [0.25, 0.3) is 0 Å². The van der Waals surface area contributed by atoms with E-state index in [1.165, 1.54) is 0 Å². The molecule has 1 aromatic heterocycles. The van der Waals surface area contributed by atoms with Gasteiger partial charge in [0.15, 0.2) is 11.5 Å². The van der Waals surface area contributed by atoms with Crippen molar-refractivity contribution in [3.05, 3.63) is 12.1 Å². The molecule has 0 saturated carbocycles. The van der Waals surface area contributed by atoms with Crippen molar-refractivity contribution in [1.29, 1.82) is 0 Å². The second-order valence-corrected chi connectivity index (χ2v) is 5.32. The molecule has 126 valence electrons. The van der Waals surface area contributed by atoms with E-state index in [0.717, 1.165) is 24.6 Å². The molecule has 4 N–H and O–H groups in total. The summed E-state index contributed by atoms with van der Waals surface area (Å²) in [5.41, 5.74) is 6.46. The number of aliphatic hydroxyl groups excluding tert-OH is 1. The molecule has 0 fully saturated rings. The van der Waals surface area contributed by atoms with Crippen molar-refractivity contribution in [3.63, 3.8) is 0 Å². The monoisotopic (exact) mass is 320 g/mol.